The Balaban J connectivity index is 1.68. The Hall–Kier alpha value is -3.03. The van der Waals surface area contributed by atoms with Crippen LogP contribution in [0.15, 0.2) is 59.5 Å². The van der Waals surface area contributed by atoms with Crippen molar-refractivity contribution >= 4 is 33.2 Å². The number of hydrogen-bond donors (Lipinski definition) is 2. The zero-order valence-electron chi connectivity index (χ0n) is 19.0. The van der Waals surface area contributed by atoms with Gasteiger partial charge in [-0.3, -0.25) is 9.52 Å². The van der Waals surface area contributed by atoms with Crippen molar-refractivity contribution in [1.29, 1.82) is 0 Å². The highest BCUT2D eigenvalue weighted by Crippen LogP contribution is 2.27. The first-order chi connectivity index (χ1) is 15.5. The minimum absolute atomic E-state index is 0.0301. The van der Waals surface area contributed by atoms with E-state index in [4.69, 9.17) is 16.3 Å². The molecule has 0 bridgehead atoms. The topological polar surface area (TPSA) is 84.5 Å². The molecule has 0 fully saturated rings. The highest BCUT2D eigenvalue weighted by atomic mass is 35.5. The van der Waals surface area contributed by atoms with Gasteiger partial charge in [0.2, 0.25) is 0 Å². The third-order valence-corrected chi connectivity index (χ3v) is 6.82. The van der Waals surface area contributed by atoms with E-state index in [1.54, 1.807) is 6.07 Å². The Morgan fingerprint density at radius 3 is 2.30 bits per heavy atom. The third kappa shape index (κ3) is 6.49. The summed E-state index contributed by atoms with van der Waals surface area (Å²) in [5.74, 6) is 0.318. The van der Waals surface area contributed by atoms with E-state index >= 15 is 0 Å². The molecular weight excluding hydrogens is 460 g/mol. The van der Waals surface area contributed by atoms with E-state index in [1.807, 2.05) is 52.0 Å². The number of rotatable bonds is 8. The van der Waals surface area contributed by atoms with Gasteiger partial charge in [0.15, 0.2) is 0 Å². The van der Waals surface area contributed by atoms with Crippen LogP contribution in [0.4, 0.5) is 5.69 Å². The average molecular weight is 487 g/mol. The van der Waals surface area contributed by atoms with Crippen LogP contribution in [0.25, 0.3) is 0 Å². The van der Waals surface area contributed by atoms with Crippen LogP contribution in [0.3, 0.4) is 0 Å². The number of benzene rings is 3. The van der Waals surface area contributed by atoms with Gasteiger partial charge in [0.05, 0.1) is 17.3 Å². The Morgan fingerprint density at radius 1 is 0.909 bits per heavy atom. The number of ether oxygens (including phenoxy) is 1. The SMILES string of the molecule is Cc1cc(C)cc(OCCNC(=O)c2ccc(Cl)c(S(=O)(=O)Nc3cc(C)ccc3C)c2)c1. The largest absolute Gasteiger partial charge is 0.492 e. The Kier molecular flexibility index (Phi) is 7.66. The molecule has 3 aromatic rings. The lowest BCUT2D eigenvalue weighted by molar-refractivity contribution is 0.0946. The van der Waals surface area contributed by atoms with E-state index in [9.17, 15) is 13.2 Å². The average Bonchev–Trinajstić information content (AvgIpc) is 2.73. The van der Waals surface area contributed by atoms with Gasteiger partial charge < -0.3 is 10.1 Å². The second-order valence-corrected chi connectivity index (χ2v) is 10.1. The molecule has 3 aromatic carbocycles. The molecule has 0 spiro atoms. The lowest BCUT2D eigenvalue weighted by atomic mass is 10.1. The van der Waals surface area contributed by atoms with Crippen molar-refractivity contribution < 1.29 is 17.9 Å². The fourth-order valence-corrected chi connectivity index (χ4v) is 5.00. The van der Waals surface area contributed by atoms with Crippen LogP contribution in [0.5, 0.6) is 5.75 Å². The van der Waals surface area contributed by atoms with Crippen molar-refractivity contribution in [3.8, 4) is 5.75 Å². The maximum absolute atomic E-state index is 13.0. The molecule has 174 valence electrons. The minimum atomic E-state index is -4.00. The molecule has 2 N–H and O–H groups in total. The molecule has 0 radical (unpaired) electrons. The van der Waals surface area contributed by atoms with Gasteiger partial charge >= 0.3 is 0 Å². The zero-order valence-corrected chi connectivity index (χ0v) is 20.6. The smallest absolute Gasteiger partial charge is 0.263 e. The van der Waals surface area contributed by atoms with Crippen molar-refractivity contribution in [3.63, 3.8) is 0 Å². The Labute approximate surface area is 200 Å². The predicted molar refractivity (Wildman–Crippen MR) is 132 cm³/mol. The molecule has 0 saturated heterocycles. The lowest BCUT2D eigenvalue weighted by Gasteiger charge is -2.14. The van der Waals surface area contributed by atoms with Gasteiger partial charge in [-0.05, 0) is 86.3 Å². The van der Waals surface area contributed by atoms with E-state index < -0.39 is 15.9 Å². The highest BCUT2D eigenvalue weighted by molar-refractivity contribution is 7.92. The number of sulfonamides is 1. The number of aryl methyl sites for hydroxylation is 4. The maximum Gasteiger partial charge on any atom is 0.263 e. The number of halogens is 1. The minimum Gasteiger partial charge on any atom is -0.492 e. The first-order valence-electron chi connectivity index (χ1n) is 10.4. The molecule has 0 saturated carbocycles. The molecule has 0 atom stereocenters. The maximum atomic E-state index is 13.0. The van der Waals surface area contributed by atoms with Crippen molar-refractivity contribution in [3.05, 3.63) is 87.4 Å². The Bertz CT molecular complexity index is 1270. The van der Waals surface area contributed by atoms with Gasteiger partial charge in [0.1, 0.15) is 17.3 Å². The van der Waals surface area contributed by atoms with Gasteiger partial charge in [-0.15, -0.1) is 0 Å². The summed E-state index contributed by atoms with van der Waals surface area (Å²) in [7, 11) is -4.00. The summed E-state index contributed by atoms with van der Waals surface area (Å²) in [6.07, 6.45) is 0. The van der Waals surface area contributed by atoms with E-state index in [2.05, 4.69) is 16.1 Å². The molecule has 0 heterocycles. The molecule has 0 aliphatic rings. The molecule has 8 heteroatoms. The fraction of sp³-hybridized carbons (Fsp3) is 0.240. The molecular formula is C25H27ClN2O4S. The lowest BCUT2D eigenvalue weighted by Crippen LogP contribution is -2.28. The van der Waals surface area contributed by atoms with Gasteiger partial charge in [-0.25, -0.2) is 8.42 Å². The van der Waals surface area contributed by atoms with Gasteiger partial charge in [0.25, 0.3) is 15.9 Å². The van der Waals surface area contributed by atoms with Gasteiger partial charge in [0, 0.05) is 5.56 Å². The second-order valence-electron chi connectivity index (χ2n) is 8.00. The molecule has 1 amide bonds. The first-order valence-corrected chi connectivity index (χ1v) is 12.3. The van der Waals surface area contributed by atoms with Crippen LogP contribution >= 0.6 is 11.6 Å². The van der Waals surface area contributed by atoms with Gasteiger partial charge in [-0.1, -0.05) is 29.8 Å². The molecule has 0 aliphatic heterocycles. The van der Waals surface area contributed by atoms with Crippen LogP contribution in [0.2, 0.25) is 5.02 Å². The summed E-state index contributed by atoms with van der Waals surface area (Å²) in [6, 6.07) is 15.5. The number of hydrogen-bond acceptors (Lipinski definition) is 4. The standard InChI is InChI=1S/C25H27ClN2O4S/c1-16-5-6-19(4)23(14-16)28-33(30,31)24-15-20(7-8-22(24)26)25(29)27-9-10-32-21-12-17(2)11-18(3)13-21/h5-8,11-15,28H,9-10H2,1-4H3,(H,27,29). The number of carbonyl (C=O) groups is 1. The van der Waals surface area contributed by atoms with E-state index in [1.165, 1.54) is 18.2 Å². The van der Waals surface area contributed by atoms with Crippen molar-refractivity contribution in [2.75, 3.05) is 17.9 Å². The summed E-state index contributed by atoms with van der Waals surface area (Å²) >= 11 is 6.17. The Morgan fingerprint density at radius 2 is 1.61 bits per heavy atom. The summed E-state index contributed by atoms with van der Waals surface area (Å²) in [6.45, 7) is 8.20. The van der Waals surface area contributed by atoms with Crippen LogP contribution in [0.1, 0.15) is 32.6 Å². The summed E-state index contributed by atoms with van der Waals surface area (Å²) in [5.41, 5.74) is 4.53. The third-order valence-electron chi connectivity index (χ3n) is 4.97. The summed E-state index contributed by atoms with van der Waals surface area (Å²) < 4.78 is 34.2. The van der Waals surface area contributed by atoms with Crippen LogP contribution < -0.4 is 14.8 Å². The molecule has 6 nitrogen and oxygen atoms in total. The van der Waals surface area contributed by atoms with Crippen molar-refractivity contribution in [1.82, 2.24) is 5.32 Å². The number of nitrogens with one attached hydrogen (secondary N) is 2. The first kappa shape index (κ1) is 24.6. The fourth-order valence-electron chi connectivity index (χ4n) is 3.35. The second kappa shape index (κ2) is 10.3. The normalized spacial score (nSPS) is 11.2. The molecule has 3 rings (SSSR count). The van der Waals surface area contributed by atoms with Crippen LogP contribution in [-0.4, -0.2) is 27.5 Å². The number of anilines is 1. The van der Waals surface area contributed by atoms with E-state index in [0.29, 0.717) is 5.69 Å². The monoisotopic (exact) mass is 486 g/mol. The quantitative estimate of drug-likeness (QED) is 0.429. The predicted octanol–water partition coefficient (Wildman–Crippen LogP) is 5.18. The summed E-state index contributed by atoms with van der Waals surface area (Å²) in [5, 5.41) is 2.77. The van der Waals surface area contributed by atoms with Crippen molar-refractivity contribution in [2.45, 2.75) is 32.6 Å². The van der Waals surface area contributed by atoms with Gasteiger partial charge in [-0.2, -0.15) is 0 Å². The van der Waals surface area contributed by atoms with E-state index in [0.717, 1.165) is 28.0 Å². The molecule has 33 heavy (non-hydrogen) atoms. The molecule has 0 aliphatic carbocycles. The van der Waals surface area contributed by atoms with Crippen molar-refractivity contribution in [2.24, 2.45) is 0 Å². The molecule has 0 aromatic heterocycles. The summed E-state index contributed by atoms with van der Waals surface area (Å²) in [4.78, 5) is 12.4. The molecule has 0 unspecified atom stereocenters. The number of amides is 1. The van der Waals surface area contributed by atoms with Crippen LogP contribution in [-0.2, 0) is 10.0 Å². The number of carbonyl (C=O) groups excluding carboxylic acids is 1. The van der Waals surface area contributed by atoms with E-state index in [-0.39, 0.29) is 28.6 Å². The zero-order chi connectivity index (χ0) is 24.2. The highest BCUT2D eigenvalue weighted by Gasteiger charge is 2.21. The van der Waals surface area contributed by atoms with Crippen LogP contribution in [0, 0.1) is 27.7 Å².